The zero-order valence-corrected chi connectivity index (χ0v) is 16.9. The van der Waals surface area contributed by atoms with Gasteiger partial charge in [0.1, 0.15) is 0 Å². The van der Waals surface area contributed by atoms with Crippen LogP contribution in [0.5, 0.6) is 0 Å². The van der Waals surface area contributed by atoms with Crippen molar-refractivity contribution in [1.29, 1.82) is 0 Å². The van der Waals surface area contributed by atoms with E-state index in [1.54, 1.807) is 0 Å². The molecule has 6 heteroatoms. The number of allylic oxidation sites excluding steroid dienone is 2. The lowest BCUT2D eigenvalue weighted by atomic mass is 9.83. The number of rotatable bonds is 14. The van der Waals surface area contributed by atoms with Gasteiger partial charge in [0.05, 0.1) is 5.25 Å². The van der Waals surface area contributed by atoms with Crippen molar-refractivity contribution in [3.8, 4) is 0 Å². The van der Waals surface area contributed by atoms with E-state index in [4.69, 9.17) is 5.11 Å². The van der Waals surface area contributed by atoms with E-state index in [-0.39, 0.29) is 18.3 Å². The topological polar surface area (TPSA) is 91.7 Å². The van der Waals surface area contributed by atoms with Crippen molar-refractivity contribution in [2.24, 2.45) is 11.8 Å². The molecular formula is C20H36O5S. The third-order valence-electron chi connectivity index (χ3n) is 5.38. The second-order valence-electron chi connectivity index (χ2n) is 7.65. The summed E-state index contributed by atoms with van der Waals surface area (Å²) in [6.45, 7) is 2.15. The molecule has 1 rings (SSSR count). The van der Waals surface area contributed by atoms with Crippen LogP contribution in [0.2, 0.25) is 0 Å². The summed E-state index contributed by atoms with van der Waals surface area (Å²) in [7, 11) is -4.01. The van der Waals surface area contributed by atoms with Gasteiger partial charge in [-0.1, -0.05) is 70.4 Å². The Labute approximate surface area is 159 Å². The normalized spacial score (nSPS) is 23.2. The number of carbonyl (C=O) groups is 1. The first kappa shape index (κ1) is 23.2. The van der Waals surface area contributed by atoms with Crippen molar-refractivity contribution < 1.29 is 22.9 Å². The average Bonchev–Trinajstić information content (AvgIpc) is 2.57. The molecule has 0 fully saturated rings. The number of carboxylic acid groups (broad SMARTS) is 1. The van der Waals surface area contributed by atoms with Gasteiger partial charge >= 0.3 is 5.97 Å². The summed E-state index contributed by atoms with van der Waals surface area (Å²) in [6, 6.07) is 0. The summed E-state index contributed by atoms with van der Waals surface area (Å²) in [5, 5.41) is 7.94. The highest BCUT2D eigenvalue weighted by Crippen LogP contribution is 2.33. The molecule has 0 saturated heterocycles. The molecule has 0 aromatic carbocycles. The molecule has 0 aromatic rings. The van der Waals surface area contributed by atoms with E-state index < -0.39 is 21.3 Å². The van der Waals surface area contributed by atoms with E-state index in [9.17, 15) is 17.8 Å². The standard InChI is InChI=1S/C20H36O5S/c1-2-3-4-9-12-18-15-14-17(16-19(18)26(23,24)25)11-8-6-5-7-10-13-20(21)22/h14-15,17-19H,2-13,16H2,1H3,(H,21,22)(H,23,24,25). The molecule has 0 saturated carbocycles. The maximum atomic E-state index is 11.8. The maximum Gasteiger partial charge on any atom is 0.303 e. The van der Waals surface area contributed by atoms with E-state index in [2.05, 4.69) is 13.0 Å². The van der Waals surface area contributed by atoms with Gasteiger partial charge in [-0.3, -0.25) is 9.35 Å². The first-order valence-electron chi connectivity index (χ1n) is 10.2. The highest BCUT2D eigenvalue weighted by molar-refractivity contribution is 7.86. The van der Waals surface area contributed by atoms with Gasteiger partial charge in [0, 0.05) is 6.42 Å². The average molecular weight is 389 g/mol. The molecule has 0 bridgehead atoms. The fourth-order valence-electron chi connectivity index (χ4n) is 3.83. The molecule has 0 radical (unpaired) electrons. The van der Waals surface area contributed by atoms with Crippen LogP contribution in [0.4, 0.5) is 0 Å². The summed E-state index contributed by atoms with van der Waals surface area (Å²) in [4.78, 5) is 10.5. The minimum atomic E-state index is -4.01. The lowest BCUT2D eigenvalue weighted by molar-refractivity contribution is -0.137. The Morgan fingerprint density at radius 2 is 1.58 bits per heavy atom. The fraction of sp³-hybridized carbons (Fsp3) is 0.850. The van der Waals surface area contributed by atoms with E-state index in [1.165, 1.54) is 6.42 Å². The maximum absolute atomic E-state index is 11.8. The first-order chi connectivity index (χ1) is 12.3. The zero-order valence-electron chi connectivity index (χ0n) is 16.1. The number of hydrogen-bond donors (Lipinski definition) is 2. The number of unbranched alkanes of at least 4 members (excludes halogenated alkanes) is 7. The van der Waals surface area contributed by atoms with Crippen LogP contribution in [0.1, 0.15) is 90.4 Å². The number of hydrogen-bond acceptors (Lipinski definition) is 3. The molecule has 0 spiro atoms. The molecule has 2 N–H and O–H groups in total. The van der Waals surface area contributed by atoms with Gasteiger partial charge in [0.15, 0.2) is 0 Å². The Hall–Kier alpha value is -0.880. The van der Waals surface area contributed by atoms with Gasteiger partial charge in [-0.2, -0.15) is 8.42 Å². The molecule has 0 heterocycles. The lowest BCUT2D eigenvalue weighted by Crippen LogP contribution is -2.33. The number of carboxylic acids is 1. The van der Waals surface area contributed by atoms with E-state index in [1.807, 2.05) is 6.08 Å². The Kier molecular flexibility index (Phi) is 11.1. The van der Waals surface area contributed by atoms with Crippen molar-refractivity contribution in [3.05, 3.63) is 12.2 Å². The molecule has 3 atom stereocenters. The summed E-state index contributed by atoms with van der Waals surface area (Å²) >= 11 is 0. The zero-order chi connectivity index (χ0) is 19.4. The first-order valence-corrected chi connectivity index (χ1v) is 11.7. The minimum Gasteiger partial charge on any atom is -0.481 e. The van der Waals surface area contributed by atoms with Gasteiger partial charge in [-0.05, 0) is 37.5 Å². The summed E-state index contributed by atoms with van der Waals surface area (Å²) in [5.41, 5.74) is 0. The predicted octanol–water partition coefficient (Wildman–Crippen LogP) is 5.22. The fourth-order valence-corrected chi connectivity index (χ4v) is 4.99. The monoisotopic (exact) mass is 388 g/mol. The molecule has 0 aromatic heterocycles. The van der Waals surface area contributed by atoms with Crippen LogP contribution in [0, 0.1) is 11.8 Å². The van der Waals surface area contributed by atoms with Gasteiger partial charge in [-0.25, -0.2) is 0 Å². The second-order valence-corrected chi connectivity index (χ2v) is 9.28. The minimum absolute atomic E-state index is 0.0610. The molecule has 1 aliphatic carbocycles. The summed E-state index contributed by atoms with van der Waals surface area (Å²) < 4.78 is 33.3. The largest absolute Gasteiger partial charge is 0.481 e. The Bertz CT molecular complexity index is 526. The van der Waals surface area contributed by atoms with Crippen LogP contribution in [0.15, 0.2) is 12.2 Å². The van der Waals surface area contributed by atoms with Crippen molar-refractivity contribution in [2.75, 3.05) is 0 Å². The molecular weight excluding hydrogens is 352 g/mol. The smallest absolute Gasteiger partial charge is 0.303 e. The van der Waals surface area contributed by atoms with E-state index >= 15 is 0 Å². The molecule has 152 valence electrons. The molecule has 0 amide bonds. The highest BCUT2D eigenvalue weighted by atomic mass is 32.2. The molecule has 1 aliphatic rings. The van der Waals surface area contributed by atoms with Crippen LogP contribution in [-0.2, 0) is 14.9 Å². The van der Waals surface area contributed by atoms with Crippen LogP contribution in [0.3, 0.4) is 0 Å². The third kappa shape index (κ3) is 9.72. The Morgan fingerprint density at radius 3 is 2.23 bits per heavy atom. The van der Waals surface area contributed by atoms with Crippen molar-refractivity contribution in [1.82, 2.24) is 0 Å². The third-order valence-corrected chi connectivity index (χ3v) is 6.69. The van der Waals surface area contributed by atoms with Gasteiger partial charge < -0.3 is 5.11 Å². The Morgan fingerprint density at radius 1 is 0.962 bits per heavy atom. The SMILES string of the molecule is CCCCCCC1C=CC(CCCCCCCC(=O)O)CC1S(=O)(=O)O. The quantitative estimate of drug-likeness (QED) is 0.242. The van der Waals surface area contributed by atoms with Gasteiger partial charge in [0.25, 0.3) is 10.1 Å². The molecule has 3 unspecified atom stereocenters. The van der Waals surface area contributed by atoms with Gasteiger partial charge in [-0.15, -0.1) is 0 Å². The second kappa shape index (κ2) is 12.5. The van der Waals surface area contributed by atoms with E-state index in [0.717, 1.165) is 64.2 Å². The summed E-state index contributed by atoms with van der Waals surface area (Å²) in [5.74, 6) is -0.584. The van der Waals surface area contributed by atoms with Crippen molar-refractivity contribution in [3.63, 3.8) is 0 Å². The van der Waals surface area contributed by atoms with E-state index in [0.29, 0.717) is 6.42 Å². The molecule has 26 heavy (non-hydrogen) atoms. The van der Waals surface area contributed by atoms with Crippen molar-refractivity contribution >= 4 is 16.1 Å². The Balaban J connectivity index is 2.36. The molecule has 5 nitrogen and oxygen atoms in total. The summed E-state index contributed by atoms with van der Waals surface area (Å²) in [6.07, 6.45) is 15.9. The van der Waals surface area contributed by atoms with Crippen LogP contribution < -0.4 is 0 Å². The predicted molar refractivity (Wildman–Crippen MR) is 105 cm³/mol. The van der Waals surface area contributed by atoms with Crippen molar-refractivity contribution in [2.45, 2.75) is 95.6 Å². The molecule has 0 aliphatic heterocycles. The highest BCUT2D eigenvalue weighted by Gasteiger charge is 2.34. The lowest BCUT2D eigenvalue weighted by Gasteiger charge is -2.30. The van der Waals surface area contributed by atoms with Gasteiger partial charge in [0.2, 0.25) is 0 Å². The van der Waals surface area contributed by atoms with Crippen LogP contribution >= 0.6 is 0 Å². The number of aliphatic carboxylic acids is 1. The van der Waals surface area contributed by atoms with Crippen LogP contribution in [0.25, 0.3) is 0 Å². The van der Waals surface area contributed by atoms with Crippen LogP contribution in [-0.4, -0.2) is 29.3 Å².